The Labute approximate surface area is 394 Å². The Balaban J connectivity index is 1.22. The van der Waals surface area contributed by atoms with Gasteiger partial charge in [0.15, 0.2) is 0 Å². The van der Waals surface area contributed by atoms with Crippen LogP contribution in [0.3, 0.4) is 0 Å². The molecule has 2 aliphatic rings. The summed E-state index contributed by atoms with van der Waals surface area (Å²) >= 11 is 0. The topological polar surface area (TPSA) is 55.4 Å². The molecule has 0 amide bonds. The van der Waals surface area contributed by atoms with Gasteiger partial charge in [-0.05, 0) is 0 Å². The van der Waals surface area contributed by atoms with E-state index in [4.69, 9.17) is 28.2 Å². The van der Waals surface area contributed by atoms with Crippen LogP contribution in [0.2, 0.25) is 0 Å². The van der Waals surface area contributed by atoms with E-state index in [0.29, 0.717) is 19.8 Å². The van der Waals surface area contributed by atoms with Gasteiger partial charge in [0.25, 0.3) is 0 Å². The molecule has 6 nitrogen and oxygen atoms in total. The van der Waals surface area contributed by atoms with Crippen LogP contribution < -0.4 is 15.9 Å². The third-order valence-electron chi connectivity index (χ3n) is 12.9. The summed E-state index contributed by atoms with van der Waals surface area (Å²) in [6.07, 6.45) is -0.732. The Bertz CT molecular complexity index is 2700. The van der Waals surface area contributed by atoms with Crippen molar-refractivity contribution < 1.29 is 28.2 Å². The van der Waals surface area contributed by atoms with E-state index < -0.39 is 37.0 Å². The molecule has 5 atom stereocenters. The zero-order valence-corrected chi connectivity index (χ0v) is 38.3. The van der Waals surface area contributed by atoms with Gasteiger partial charge in [0.1, 0.15) is 0 Å². The second kappa shape index (κ2) is 20.3. The second-order valence-corrected chi connectivity index (χ2v) is 21.4. The van der Waals surface area contributed by atoms with Gasteiger partial charge in [0.05, 0.1) is 0 Å². The summed E-state index contributed by atoms with van der Waals surface area (Å²) in [5.41, 5.74) is 5.13. The van der Waals surface area contributed by atoms with Crippen LogP contribution in [0.25, 0.3) is 5.31 Å². The second-order valence-electron chi connectivity index (χ2n) is 17.1. The van der Waals surface area contributed by atoms with Gasteiger partial charge in [0.2, 0.25) is 0 Å². The van der Waals surface area contributed by atoms with E-state index in [9.17, 15) is 0 Å². The Hall–Kier alpha value is -6.31. The molecule has 10 rings (SSSR count). The molecule has 0 N–H and O–H groups in total. The maximum absolute atomic E-state index is 8.58. The zero-order chi connectivity index (χ0) is 45.2. The Morgan fingerprint density at radius 3 is 1.18 bits per heavy atom. The fourth-order valence-electron chi connectivity index (χ4n) is 9.83. The van der Waals surface area contributed by atoms with Crippen molar-refractivity contribution >= 4 is 28.1 Å². The molecular weight excluding hydrogens is 848 g/mol. The molecule has 0 unspecified atom stereocenters. The van der Waals surface area contributed by atoms with Crippen LogP contribution in [0.5, 0.6) is 0 Å². The molecular formula is C60H55O6P. The van der Waals surface area contributed by atoms with Crippen LogP contribution in [-0.4, -0.2) is 36.8 Å². The van der Waals surface area contributed by atoms with Crippen LogP contribution >= 0.6 is 6.83 Å². The molecule has 0 aliphatic carbocycles. The summed E-state index contributed by atoms with van der Waals surface area (Å²) in [7, 11) is 0. The minimum absolute atomic E-state index is 0.183. The molecule has 0 radical (unpaired) electrons. The Morgan fingerprint density at radius 2 is 0.746 bits per heavy atom. The summed E-state index contributed by atoms with van der Waals surface area (Å²) in [5.74, 6) is -1.58. The van der Waals surface area contributed by atoms with Crippen molar-refractivity contribution in [3.05, 3.63) is 277 Å². The minimum atomic E-state index is -4.35. The molecule has 0 aromatic heterocycles. The molecule has 0 bridgehead atoms. The zero-order valence-electron chi connectivity index (χ0n) is 37.4. The molecule has 1 spiro atoms. The molecule has 1 fully saturated rings. The number of hydrogen-bond acceptors (Lipinski definition) is 6. The molecule has 1 saturated heterocycles. The third-order valence-corrected chi connectivity index (χ3v) is 18.7. The molecule has 0 saturated carbocycles. The molecule has 2 aliphatic heterocycles. The SMILES string of the molecule is C1=C(c2ccccc2)P(c2ccccc2)(c2ccccc2)(c2ccccc2)O[C@]12O[C@H](COCc1ccccc1)[C@@H](OCc1ccccc1)[C@H](OCc1ccccc1)[C@H]2OCc1ccccc1. The van der Waals surface area contributed by atoms with Crippen molar-refractivity contribution in [1.82, 2.24) is 0 Å². The average Bonchev–Trinajstić information content (AvgIpc) is 3.73. The first-order valence-corrected chi connectivity index (χ1v) is 25.2. The van der Waals surface area contributed by atoms with Gasteiger partial charge in [-0.15, -0.1) is 0 Å². The van der Waals surface area contributed by atoms with E-state index in [1.54, 1.807) is 0 Å². The number of ether oxygens (including phenoxy) is 5. The Morgan fingerprint density at radius 1 is 0.388 bits per heavy atom. The predicted octanol–water partition coefficient (Wildman–Crippen LogP) is 11.6. The van der Waals surface area contributed by atoms with Crippen molar-refractivity contribution in [1.29, 1.82) is 0 Å². The van der Waals surface area contributed by atoms with Crippen LogP contribution in [-0.2, 0) is 54.6 Å². The maximum atomic E-state index is 8.58. The van der Waals surface area contributed by atoms with Crippen molar-refractivity contribution in [2.24, 2.45) is 0 Å². The molecule has 336 valence electrons. The molecule has 8 aromatic rings. The van der Waals surface area contributed by atoms with Crippen LogP contribution in [0, 0.1) is 0 Å². The average molecular weight is 903 g/mol. The summed E-state index contributed by atoms with van der Waals surface area (Å²) < 4.78 is 45.0. The van der Waals surface area contributed by atoms with Gasteiger partial charge in [-0.3, -0.25) is 0 Å². The monoisotopic (exact) mass is 902 g/mol. The Kier molecular flexibility index (Phi) is 13.5. The summed E-state index contributed by atoms with van der Waals surface area (Å²) in [6.45, 7) is -2.91. The summed E-state index contributed by atoms with van der Waals surface area (Å²) in [6, 6.07) is 83.7. The summed E-state index contributed by atoms with van der Waals surface area (Å²) in [4.78, 5) is 0. The molecule has 8 aromatic carbocycles. The first kappa shape index (κ1) is 44.5. The molecule has 7 heteroatoms. The molecule has 67 heavy (non-hydrogen) atoms. The van der Waals surface area contributed by atoms with Crippen molar-refractivity contribution in [3.63, 3.8) is 0 Å². The van der Waals surface area contributed by atoms with Gasteiger partial charge in [-0.1, -0.05) is 0 Å². The predicted molar refractivity (Wildman–Crippen MR) is 269 cm³/mol. The standard InChI is InChI=1S/C60H55O6P/c1-9-25-47(26-10-1)42-61-46-55-57(62-43-48-27-11-2-12-28-48)58(63-44-49-29-13-3-14-30-49)59(64-45-50-31-15-4-16-32-50)60(65-55)41-56(51-33-17-5-18-34-51)67(66-60,52-35-19-6-20-36-52,53-37-21-7-22-38-53)54-39-23-8-24-40-54/h1-41,55,57-59H,42-46H2/t55-,57-,58+,59-,60-/m1/s1. The van der Waals surface area contributed by atoms with Crippen molar-refractivity contribution in [2.75, 3.05) is 6.61 Å². The third kappa shape index (κ3) is 8.87. The van der Waals surface area contributed by atoms with E-state index in [0.717, 1.165) is 49.0 Å². The van der Waals surface area contributed by atoms with Crippen LogP contribution in [0.1, 0.15) is 27.8 Å². The fourth-order valence-corrected chi connectivity index (χ4v) is 16.0. The van der Waals surface area contributed by atoms with E-state index in [1.165, 1.54) is 0 Å². The van der Waals surface area contributed by atoms with Gasteiger partial charge in [-0.25, -0.2) is 0 Å². The van der Waals surface area contributed by atoms with Gasteiger partial charge in [-0.2, -0.15) is 0 Å². The van der Waals surface area contributed by atoms with Crippen LogP contribution in [0.4, 0.5) is 0 Å². The first-order chi connectivity index (χ1) is 33.1. The summed E-state index contributed by atoms with van der Waals surface area (Å²) in [5, 5.41) is 4.11. The fraction of sp³-hybridized carbons (Fsp3) is 0.167. The molecule has 2 heterocycles. The number of hydrogen-bond donors (Lipinski definition) is 0. The van der Waals surface area contributed by atoms with E-state index in [2.05, 4.69) is 176 Å². The van der Waals surface area contributed by atoms with Gasteiger partial charge in [0, 0.05) is 0 Å². The van der Waals surface area contributed by atoms with E-state index >= 15 is 0 Å². The van der Waals surface area contributed by atoms with Crippen molar-refractivity contribution in [3.8, 4) is 0 Å². The number of benzene rings is 8. The van der Waals surface area contributed by atoms with Gasteiger partial charge >= 0.3 is 396 Å². The quantitative estimate of drug-likeness (QED) is 0.0849. The van der Waals surface area contributed by atoms with E-state index in [1.807, 2.05) is 72.8 Å². The van der Waals surface area contributed by atoms with Crippen molar-refractivity contribution in [2.45, 2.75) is 56.6 Å². The first-order valence-electron chi connectivity index (χ1n) is 23.1. The van der Waals surface area contributed by atoms with Crippen LogP contribution in [0.15, 0.2) is 249 Å². The van der Waals surface area contributed by atoms with E-state index in [-0.39, 0.29) is 13.2 Å². The number of rotatable bonds is 17. The van der Waals surface area contributed by atoms with Gasteiger partial charge < -0.3 is 0 Å². The normalized spacial score (nSPS) is 22.3.